The zero-order chi connectivity index (χ0) is 13.2. The number of benzene rings is 1. The van der Waals surface area contributed by atoms with Crippen LogP contribution in [0, 0.1) is 5.92 Å². The highest BCUT2D eigenvalue weighted by Gasteiger charge is 2.20. The molecule has 1 aromatic heterocycles. The van der Waals surface area contributed by atoms with Gasteiger partial charge in [-0.1, -0.05) is 12.1 Å². The van der Waals surface area contributed by atoms with E-state index in [1.165, 1.54) is 0 Å². The van der Waals surface area contributed by atoms with Crippen LogP contribution in [0.5, 0.6) is 0 Å². The van der Waals surface area contributed by atoms with Gasteiger partial charge < -0.3 is 14.9 Å². The van der Waals surface area contributed by atoms with E-state index >= 15 is 0 Å². The molecule has 2 aromatic rings. The molecule has 0 saturated carbocycles. The molecule has 0 amide bonds. The molecule has 1 saturated heterocycles. The predicted molar refractivity (Wildman–Crippen MR) is 79.0 cm³/mol. The molecule has 1 unspecified atom stereocenters. The zero-order valence-electron chi connectivity index (χ0n) is 10.8. The molecule has 1 aromatic carbocycles. The Kier molecular flexibility index (Phi) is 3.91. The lowest BCUT2D eigenvalue weighted by molar-refractivity contribution is 0.0612. The lowest BCUT2D eigenvalue weighted by Gasteiger charge is -2.23. The maximum Gasteiger partial charge on any atom is 0.148 e. The largest absolute Gasteiger partial charge is 0.458 e. The van der Waals surface area contributed by atoms with Gasteiger partial charge in [0.1, 0.15) is 11.3 Å². The summed E-state index contributed by atoms with van der Waals surface area (Å²) < 4.78 is 12.3. The van der Waals surface area contributed by atoms with Crippen LogP contribution in [-0.4, -0.2) is 13.2 Å². The summed E-state index contributed by atoms with van der Waals surface area (Å²) >= 11 is 3.51. The Morgan fingerprint density at radius 2 is 2.11 bits per heavy atom. The summed E-state index contributed by atoms with van der Waals surface area (Å²) in [7, 11) is 0. The molecule has 19 heavy (non-hydrogen) atoms. The Labute approximate surface area is 121 Å². The number of furan rings is 1. The van der Waals surface area contributed by atoms with Gasteiger partial charge in [0.2, 0.25) is 0 Å². The Balaban J connectivity index is 1.77. The van der Waals surface area contributed by atoms with Crippen LogP contribution in [-0.2, 0) is 4.74 Å². The third-order valence-corrected chi connectivity index (χ3v) is 4.43. The molecule has 1 fully saturated rings. The highest BCUT2D eigenvalue weighted by molar-refractivity contribution is 9.10. The van der Waals surface area contributed by atoms with Crippen molar-refractivity contribution in [2.24, 2.45) is 11.7 Å². The first kappa shape index (κ1) is 13.2. The van der Waals surface area contributed by atoms with Gasteiger partial charge in [0.05, 0.1) is 10.5 Å². The first-order valence-corrected chi connectivity index (χ1v) is 7.54. The van der Waals surface area contributed by atoms with Gasteiger partial charge in [0, 0.05) is 18.6 Å². The second kappa shape index (κ2) is 5.65. The molecule has 2 heterocycles. The minimum absolute atomic E-state index is 0.0256. The van der Waals surface area contributed by atoms with Gasteiger partial charge in [-0.05, 0) is 53.2 Å². The summed E-state index contributed by atoms with van der Waals surface area (Å²) in [6.07, 6.45) is 3.19. The van der Waals surface area contributed by atoms with Crippen LogP contribution in [0.25, 0.3) is 11.0 Å². The molecular formula is C15H18BrNO2. The van der Waals surface area contributed by atoms with Crippen molar-refractivity contribution in [1.82, 2.24) is 0 Å². The number of hydrogen-bond donors (Lipinski definition) is 1. The van der Waals surface area contributed by atoms with Crippen LogP contribution in [0.1, 0.15) is 31.1 Å². The quantitative estimate of drug-likeness (QED) is 0.928. The van der Waals surface area contributed by atoms with Crippen molar-refractivity contribution >= 4 is 26.9 Å². The maximum absolute atomic E-state index is 6.29. The monoisotopic (exact) mass is 323 g/mol. The van der Waals surface area contributed by atoms with Crippen molar-refractivity contribution in [2.45, 2.75) is 25.3 Å². The van der Waals surface area contributed by atoms with Gasteiger partial charge in [-0.25, -0.2) is 0 Å². The van der Waals surface area contributed by atoms with E-state index in [9.17, 15) is 0 Å². The van der Waals surface area contributed by atoms with Gasteiger partial charge in [0.15, 0.2) is 0 Å². The van der Waals surface area contributed by atoms with Gasteiger partial charge >= 0.3 is 0 Å². The minimum atomic E-state index is -0.0256. The highest BCUT2D eigenvalue weighted by atomic mass is 79.9. The summed E-state index contributed by atoms with van der Waals surface area (Å²) in [5.74, 6) is 1.54. The molecule has 1 aliphatic rings. The fraction of sp³-hybridized carbons (Fsp3) is 0.467. The molecule has 1 atom stereocenters. The molecule has 102 valence electrons. The van der Waals surface area contributed by atoms with Gasteiger partial charge in [-0.2, -0.15) is 0 Å². The number of halogens is 1. The topological polar surface area (TPSA) is 48.4 Å². The second-order valence-electron chi connectivity index (χ2n) is 5.20. The van der Waals surface area contributed by atoms with Gasteiger partial charge in [0.25, 0.3) is 0 Å². The molecule has 0 bridgehead atoms. The molecule has 3 nitrogen and oxygen atoms in total. The smallest absolute Gasteiger partial charge is 0.148 e. The Bertz CT molecular complexity index is 560. The Morgan fingerprint density at radius 1 is 1.32 bits per heavy atom. The van der Waals surface area contributed by atoms with Crippen molar-refractivity contribution < 1.29 is 9.15 Å². The van der Waals surface area contributed by atoms with Crippen LogP contribution in [0.15, 0.2) is 33.2 Å². The number of hydrogen-bond acceptors (Lipinski definition) is 3. The van der Waals surface area contributed by atoms with E-state index in [-0.39, 0.29) is 6.04 Å². The standard InChI is InChI=1S/C15H18BrNO2/c16-12-3-1-2-11-9-14(19-15(11)12)13(17)8-10-4-6-18-7-5-10/h1-3,9-10,13H,4-8,17H2. The van der Waals surface area contributed by atoms with Crippen LogP contribution in [0.3, 0.4) is 0 Å². The second-order valence-corrected chi connectivity index (χ2v) is 6.06. The van der Waals surface area contributed by atoms with Crippen molar-refractivity contribution in [3.8, 4) is 0 Å². The molecule has 4 heteroatoms. The van der Waals surface area contributed by atoms with Crippen molar-refractivity contribution in [2.75, 3.05) is 13.2 Å². The molecule has 3 rings (SSSR count). The number of para-hydroxylation sites is 1. The maximum atomic E-state index is 6.29. The van der Waals surface area contributed by atoms with Crippen molar-refractivity contribution in [3.63, 3.8) is 0 Å². The average Bonchev–Trinajstić information content (AvgIpc) is 2.85. The number of nitrogens with two attached hydrogens (primary N) is 1. The van der Waals surface area contributed by atoms with E-state index < -0.39 is 0 Å². The van der Waals surface area contributed by atoms with E-state index in [0.29, 0.717) is 5.92 Å². The number of ether oxygens (including phenoxy) is 1. The van der Waals surface area contributed by atoms with Crippen LogP contribution in [0.2, 0.25) is 0 Å². The van der Waals surface area contributed by atoms with E-state index in [0.717, 1.165) is 53.7 Å². The molecule has 0 aliphatic carbocycles. The molecule has 0 radical (unpaired) electrons. The molecule has 0 spiro atoms. The first-order valence-electron chi connectivity index (χ1n) is 6.75. The van der Waals surface area contributed by atoms with Gasteiger partial charge in [-0.3, -0.25) is 0 Å². The van der Waals surface area contributed by atoms with Crippen LogP contribution < -0.4 is 5.73 Å². The Morgan fingerprint density at radius 3 is 2.84 bits per heavy atom. The molecule has 1 aliphatic heterocycles. The fourth-order valence-corrected chi connectivity index (χ4v) is 3.15. The summed E-state index contributed by atoms with van der Waals surface area (Å²) in [6, 6.07) is 8.08. The third-order valence-electron chi connectivity index (χ3n) is 3.81. The SMILES string of the molecule is NC(CC1CCOCC1)c1cc2cccc(Br)c2o1. The van der Waals surface area contributed by atoms with Crippen LogP contribution in [0.4, 0.5) is 0 Å². The normalized spacial score (nSPS) is 18.8. The van der Waals surface area contributed by atoms with E-state index in [2.05, 4.69) is 22.0 Å². The summed E-state index contributed by atoms with van der Waals surface area (Å²) in [6.45, 7) is 1.73. The molecule has 2 N–H and O–H groups in total. The van der Waals surface area contributed by atoms with E-state index in [1.807, 2.05) is 18.2 Å². The van der Waals surface area contributed by atoms with Crippen molar-refractivity contribution in [1.29, 1.82) is 0 Å². The highest BCUT2D eigenvalue weighted by Crippen LogP contribution is 2.32. The fourth-order valence-electron chi connectivity index (χ4n) is 2.69. The summed E-state index contributed by atoms with van der Waals surface area (Å²) in [5.41, 5.74) is 7.18. The average molecular weight is 324 g/mol. The number of rotatable bonds is 3. The van der Waals surface area contributed by atoms with E-state index in [4.69, 9.17) is 14.9 Å². The zero-order valence-corrected chi connectivity index (χ0v) is 12.4. The van der Waals surface area contributed by atoms with Crippen molar-refractivity contribution in [3.05, 3.63) is 34.5 Å². The summed E-state index contributed by atoms with van der Waals surface area (Å²) in [4.78, 5) is 0. The lowest BCUT2D eigenvalue weighted by Crippen LogP contribution is -2.21. The number of fused-ring (bicyclic) bond motifs is 1. The van der Waals surface area contributed by atoms with Crippen LogP contribution >= 0.6 is 15.9 Å². The van der Waals surface area contributed by atoms with Gasteiger partial charge in [-0.15, -0.1) is 0 Å². The third kappa shape index (κ3) is 2.86. The minimum Gasteiger partial charge on any atom is -0.458 e. The predicted octanol–water partition coefficient (Wildman–Crippen LogP) is 4.01. The lowest BCUT2D eigenvalue weighted by atomic mass is 9.92. The Hall–Kier alpha value is -0.840. The summed E-state index contributed by atoms with van der Waals surface area (Å²) in [5, 5.41) is 1.10. The first-order chi connectivity index (χ1) is 9.24. The molecular weight excluding hydrogens is 306 g/mol. The van der Waals surface area contributed by atoms with E-state index in [1.54, 1.807) is 0 Å².